The summed E-state index contributed by atoms with van der Waals surface area (Å²) in [5.74, 6) is -0.590. The number of nitrogens with zero attached hydrogens (tertiary/aromatic N) is 1. The minimum atomic E-state index is -0.306. The highest BCUT2D eigenvalue weighted by Crippen LogP contribution is 2.28. The summed E-state index contributed by atoms with van der Waals surface area (Å²) in [6.45, 7) is 11.5. The molecule has 1 heterocycles. The molecule has 26 heavy (non-hydrogen) atoms. The summed E-state index contributed by atoms with van der Waals surface area (Å²) in [6.07, 6.45) is 1.79. The minimum absolute atomic E-state index is 0.0147. The van der Waals surface area contributed by atoms with E-state index in [2.05, 4.69) is 26.1 Å². The largest absolute Gasteiger partial charge is 0.351 e. The predicted octanol–water partition coefficient (Wildman–Crippen LogP) is 3.55. The molecule has 1 fully saturated rings. The summed E-state index contributed by atoms with van der Waals surface area (Å²) in [4.78, 5) is 26.6. The minimum Gasteiger partial charge on any atom is -0.351 e. The topological polar surface area (TPSA) is 49.4 Å². The zero-order valence-corrected chi connectivity index (χ0v) is 16.6. The lowest BCUT2D eigenvalue weighted by atomic mass is 9.81. The van der Waals surface area contributed by atoms with Gasteiger partial charge < -0.3 is 10.2 Å². The summed E-state index contributed by atoms with van der Waals surface area (Å²) >= 11 is 0. The van der Waals surface area contributed by atoms with E-state index in [0.717, 1.165) is 12.0 Å². The Morgan fingerprint density at radius 1 is 1.19 bits per heavy atom. The highest BCUT2D eigenvalue weighted by Gasteiger charge is 2.36. The van der Waals surface area contributed by atoms with Crippen LogP contribution < -0.4 is 5.32 Å². The predicted molar refractivity (Wildman–Crippen MR) is 101 cm³/mol. The van der Waals surface area contributed by atoms with Crippen LogP contribution in [0, 0.1) is 17.2 Å². The third kappa shape index (κ3) is 6.11. The first-order valence-corrected chi connectivity index (χ1v) is 9.29. The van der Waals surface area contributed by atoms with Crippen molar-refractivity contribution >= 4 is 11.8 Å². The number of carbonyl (C=O) groups excluding carboxylic acids is 2. The number of rotatable bonds is 6. The molecule has 1 aromatic rings. The molecule has 1 atom stereocenters. The van der Waals surface area contributed by atoms with Crippen molar-refractivity contribution in [3.63, 3.8) is 0 Å². The van der Waals surface area contributed by atoms with Crippen molar-refractivity contribution in [2.75, 3.05) is 13.1 Å². The Morgan fingerprint density at radius 3 is 2.38 bits per heavy atom. The Balaban J connectivity index is 1.87. The summed E-state index contributed by atoms with van der Waals surface area (Å²) in [5, 5.41) is 3.12. The molecule has 0 aromatic heterocycles. The van der Waals surface area contributed by atoms with E-state index in [1.807, 2.05) is 13.8 Å². The maximum Gasteiger partial charge on any atom is 0.225 e. The molecular formula is C21H31FN2O2. The van der Waals surface area contributed by atoms with Crippen LogP contribution in [-0.4, -0.2) is 35.3 Å². The third-order valence-electron chi connectivity index (χ3n) is 4.60. The second-order valence-corrected chi connectivity index (χ2v) is 9.23. The Kier molecular flexibility index (Phi) is 6.09. The average molecular weight is 362 g/mol. The van der Waals surface area contributed by atoms with E-state index in [1.165, 1.54) is 12.1 Å². The molecule has 4 nitrogen and oxygen atoms in total. The second-order valence-electron chi connectivity index (χ2n) is 9.23. The number of likely N-dealkylation sites (tertiary alicyclic amines) is 1. The van der Waals surface area contributed by atoms with Gasteiger partial charge in [0, 0.05) is 25.0 Å². The van der Waals surface area contributed by atoms with Gasteiger partial charge in [-0.05, 0) is 49.8 Å². The van der Waals surface area contributed by atoms with E-state index in [-0.39, 0.29) is 40.9 Å². The Labute approximate surface area is 156 Å². The fourth-order valence-corrected chi connectivity index (χ4v) is 3.88. The van der Waals surface area contributed by atoms with E-state index >= 15 is 0 Å². The molecular weight excluding hydrogens is 331 g/mol. The first-order chi connectivity index (χ1) is 12.0. The van der Waals surface area contributed by atoms with Crippen LogP contribution in [0.15, 0.2) is 24.3 Å². The fraction of sp³-hybridized carbons (Fsp3) is 0.619. The zero-order chi connectivity index (χ0) is 19.5. The Hall–Kier alpha value is -1.91. The van der Waals surface area contributed by atoms with Crippen molar-refractivity contribution in [2.24, 2.45) is 11.3 Å². The van der Waals surface area contributed by atoms with Crippen molar-refractivity contribution in [1.29, 1.82) is 0 Å². The summed E-state index contributed by atoms with van der Waals surface area (Å²) in [5.41, 5.74) is 0.794. The molecule has 0 aliphatic carbocycles. The molecule has 0 radical (unpaired) electrons. The Bertz CT molecular complexity index is 647. The van der Waals surface area contributed by atoms with Gasteiger partial charge in [-0.25, -0.2) is 4.39 Å². The van der Waals surface area contributed by atoms with Gasteiger partial charge >= 0.3 is 0 Å². The number of benzene rings is 1. The molecule has 1 aliphatic rings. The van der Waals surface area contributed by atoms with Crippen LogP contribution in [0.2, 0.25) is 0 Å². The van der Waals surface area contributed by atoms with E-state index in [9.17, 15) is 14.0 Å². The van der Waals surface area contributed by atoms with Gasteiger partial charge in [-0.15, -0.1) is 0 Å². The molecule has 2 amide bonds. The lowest BCUT2D eigenvalue weighted by Gasteiger charge is -2.34. The van der Waals surface area contributed by atoms with Crippen molar-refractivity contribution in [3.05, 3.63) is 35.6 Å². The summed E-state index contributed by atoms with van der Waals surface area (Å²) in [6, 6.07) is 6.31. The molecule has 2 rings (SSSR count). The monoisotopic (exact) mass is 362 g/mol. The lowest BCUT2D eigenvalue weighted by molar-refractivity contribution is -0.129. The van der Waals surface area contributed by atoms with Crippen LogP contribution in [-0.2, 0) is 16.0 Å². The van der Waals surface area contributed by atoms with Crippen LogP contribution >= 0.6 is 0 Å². The fourth-order valence-electron chi connectivity index (χ4n) is 3.88. The molecule has 1 aliphatic heterocycles. The molecule has 144 valence electrons. The Morgan fingerprint density at radius 2 is 1.81 bits per heavy atom. The van der Waals surface area contributed by atoms with Crippen LogP contribution in [0.5, 0.6) is 0 Å². The summed E-state index contributed by atoms with van der Waals surface area (Å²) in [7, 11) is 0. The van der Waals surface area contributed by atoms with Crippen LogP contribution in [0.1, 0.15) is 53.0 Å². The molecule has 1 unspecified atom stereocenters. The van der Waals surface area contributed by atoms with Gasteiger partial charge in [0.05, 0.1) is 5.92 Å². The van der Waals surface area contributed by atoms with Crippen LogP contribution in [0.3, 0.4) is 0 Å². The maximum atomic E-state index is 13.0. The first kappa shape index (κ1) is 20.4. The third-order valence-corrected chi connectivity index (χ3v) is 4.60. The highest BCUT2D eigenvalue weighted by atomic mass is 19.1. The van der Waals surface area contributed by atoms with Gasteiger partial charge in [0.15, 0.2) is 0 Å². The van der Waals surface area contributed by atoms with Crippen LogP contribution in [0.25, 0.3) is 0 Å². The average Bonchev–Trinajstić information content (AvgIpc) is 2.85. The van der Waals surface area contributed by atoms with Crippen molar-refractivity contribution in [1.82, 2.24) is 10.2 Å². The normalized spacial score (nSPS) is 18.3. The number of carbonyl (C=O) groups is 2. The second kappa shape index (κ2) is 7.77. The van der Waals surface area contributed by atoms with E-state index in [4.69, 9.17) is 0 Å². The first-order valence-electron chi connectivity index (χ1n) is 9.29. The number of hydrogen-bond donors (Lipinski definition) is 1. The van der Waals surface area contributed by atoms with E-state index < -0.39 is 0 Å². The zero-order valence-electron chi connectivity index (χ0n) is 16.6. The van der Waals surface area contributed by atoms with Crippen molar-refractivity contribution in [3.8, 4) is 0 Å². The SMILES string of the molecule is CC(C)(C)CC(C)(C)NC(=O)C1CC(=O)N(CCc2ccc(F)cc2)C1. The van der Waals surface area contributed by atoms with Crippen molar-refractivity contribution in [2.45, 2.75) is 59.4 Å². The molecule has 1 saturated heterocycles. The van der Waals surface area contributed by atoms with Gasteiger partial charge in [-0.1, -0.05) is 32.9 Å². The standard InChI is InChI=1S/C21H31FN2O2/c1-20(2,3)14-21(4,5)23-19(26)16-12-18(25)24(13-16)11-10-15-6-8-17(22)9-7-15/h6-9,16H,10-14H2,1-5H3,(H,23,26). The maximum absolute atomic E-state index is 13.0. The number of halogens is 1. The molecule has 5 heteroatoms. The van der Waals surface area contributed by atoms with E-state index in [1.54, 1.807) is 17.0 Å². The smallest absolute Gasteiger partial charge is 0.225 e. The number of nitrogens with one attached hydrogen (secondary N) is 1. The summed E-state index contributed by atoms with van der Waals surface area (Å²) < 4.78 is 13.0. The van der Waals surface area contributed by atoms with Gasteiger partial charge in [0.1, 0.15) is 5.82 Å². The molecule has 0 saturated carbocycles. The highest BCUT2D eigenvalue weighted by molar-refractivity contribution is 5.89. The molecule has 0 bridgehead atoms. The van der Waals surface area contributed by atoms with Crippen molar-refractivity contribution < 1.29 is 14.0 Å². The lowest BCUT2D eigenvalue weighted by Crippen LogP contribution is -2.48. The molecule has 1 aromatic carbocycles. The van der Waals surface area contributed by atoms with Gasteiger partial charge in [-0.3, -0.25) is 9.59 Å². The van der Waals surface area contributed by atoms with E-state index in [0.29, 0.717) is 19.5 Å². The quantitative estimate of drug-likeness (QED) is 0.841. The molecule has 1 N–H and O–H groups in total. The molecule has 0 spiro atoms. The van der Waals surface area contributed by atoms with Gasteiger partial charge in [0.25, 0.3) is 0 Å². The van der Waals surface area contributed by atoms with Gasteiger partial charge in [-0.2, -0.15) is 0 Å². The number of hydrogen-bond acceptors (Lipinski definition) is 2. The number of amides is 2. The van der Waals surface area contributed by atoms with Crippen LogP contribution in [0.4, 0.5) is 4.39 Å². The van der Waals surface area contributed by atoms with Gasteiger partial charge in [0.2, 0.25) is 11.8 Å².